The van der Waals surface area contributed by atoms with E-state index in [4.69, 9.17) is 15.2 Å². The molecule has 1 aromatic carbocycles. The van der Waals surface area contributed by atoms with E-state index < -0.39 is 0 Å². The topological polar surface area (TPSA) is 57.4 Å². The van der Waals surface area contributed by atoms with E-state index in [0.717, 1.165) is 15.7 Å². The summed E-state index contributed by atoms with van der Waals surface area (Å²) < 4.78 is 12.3. The number of benzene rings is 1. The summed E-state index contributed by atoms with van der Waals surface area (Å²) in [4.78, 5) is 4.27. The number of pyridine rings is 1. The quantitative estimate of drug-likeness (QED) is 0.879. The Morgan fingerprint density at radius 2 is 2.00 bits per heavy atom. The Hall–Kier alpha value is -1.59. The third kappa shape index (κ3) is 3.95. The van der Waals surface area contributed by atoms with E-state index in [9.17, 15) is 0 Å². The summed E-state index contributed by atoms with van der Waals surface area (Å²) >= 11 is 3.35. The Labute approximate surface area is 127 Å². The largest absolute Gasteiger partial charge is 0.490 e. The van der Waals surface area contributed by atoms with E-state index >= 15 is 0 Å². The van der Waals surface area contributed by atoms with Crippen LogP contribution in [0.4, 0.5) is 0 Å². The van der Waals surface area contributed by atoms with Crippen LogP contribution in [0.25, 0.3) is 0 Å². The summed E-state index contributed by atoms with van der Waals surface area (Å²) in [6.07, 6.45) is 1.75. The standard InChI is InChI=1S/C15H17BrN2O2/c1-2-19-15-7-11(8-17)3-6-14(15)20-10-13-5-4-12(16)9-18-13/h3-7,9H,2,8,10,17H2,1H3. The van der Waals surface area contributed by atoms with Gasteiger partial charge in [0.1, 0.15) is 6.61 Å². The summed E-state index contributed by atoms with van der Waals surface area (Å²) in [5.41, 5.74) is 7.51. The van der Waals surface area contributed by atoms with Gasteiger partial charge in [-0.05, 0) is 52.7 Å². The Kier molecular flexibility index (Phi) is 5.38. The van der Waals surface area contributed by atoms with Gasteiger partial charge in [-0.3, -0.25) is 4.98 Å². The van der Waals surface area contributed by atoms with Crippen LogP contribution in [0, 0.1) is 0 Å². The minimum atomic E-state index is 0.398. The molecule has 2 N–H and O–H groups in total. The van der Waals surface area contributed by atoms with Crippen LogP contribution < -0.4 is 15.2 Å². The van der Waals surface area contributed by atoms with Crippen LogP contribution in [0.2, 0.25) is 0 Å². The fraction of sp³-hybridized carbons (Fsp3) is 0.267. The molecule has 0 aliphatic heterocycles. The number of nitrogens with two attached hydrogens (primary N) is 1. The Balaban J connectivity index is 2.09. The average molecular weight is 337 g/mol. The van der Waals surface area contributed by atoms with E-state index in [1.54, 1.807) is 6.20 Å². The number of nitrogens with zero attached hydrogens (tertiary/aromatic N) is 1. The number of rotatable bonds is 6. The molecule has 2 rings (SSSR count). The zero-order valence-electron chi connectivity index (χ0n) is 11.3. The molecular formula is C15H17BrN2O2. The average Bonchev–Trinajstić information content (AvgIpc) is 2.48. The van der Waals surface area contributed by atoms with Gasteiger partial charge in [0.2, 0.25) is 0 Å². The lowest BCUT2D eigenvalue weighted by atomic mass is 10.2. The number of hydrogen-bond acceptors (Lipinski definition) is 4. The van der Waals surface area contributed by atoms with Gasteiger partial charge in [0.25, 0.3) is 0 Å². The summed E-state index contributed by atoms with van der Waals surface area (Å²) in [5, 5.41) is 0. The molecule has 0 unspecified atom stereocenters. The number of ether oxygens (including phenoxy) is 2. The van der Waals surface area contributed by atoms with Crippen molar-refractivity contribution in [2.45, 2.75) is 20.1 Å². The molecule has 0 aliphatic rings. The van der Waals surface area contributed by atoms with Crippen molar-refractivity contribution in [3.63, 3.8) is 0 Å². The van der Waals surface area contributed by atoms with Crippen molar-refractivity contribution in [2.24, 2.45) is 5.73 Å². The first-order valence-corrected chi connectivity index (χ1v) is 7.21. The lowest BCUT2D eigenvalue weighted by molar-refractivity contribution is 0.266. The highest BCUT2D eigenvalue weighted by molar-refractivity contribution is 9.10. The highest BCUT2D eigenvalue weighted by atomic mass is 79.9. The molecule has 0 aliphatic carbocycles. The van der Waals surface area contributed by atoms with Gasteiger partial charge in [0.05, 0.1) is 12.3 Å². The van der Waals surface area contributed by atoms with Crippen molar-refractivity contribution in [2.75, 3.05) is 6.61 Å². The first kappa shape index (κ1) is 14.8. The molecule has 20 heavy (non-hydrogen) atoms. The molecule has 0 saturated carbocycles. The lowest BCUT2D eigenvalue weighted by Crippen LogP contribution is -2.03. The molecular weight excluding hydrogens is 320 g/mol. The molecule has 0 fully saturated rings. The molecule has 1 heterocycles. The van der Waals surface area contributed by atoms with Gasteiger partial charge in [0, 0.05) is 17.2 Å². The third-order valence-corrected chi connectivity index (χ3v) is 3.18. The smallest absolute Gasteiger partial charge is 0.161 e. The van der Waals surface area contributed by atoms with E-state index in [2.05, 4.69) is 20.9 Å². The minimum absolute atomic E-state index is 0.398. The zero-order chi connectivity index (χ0) is 14.4. The van der Waals surface area contributed by atoms with Gasteiger partial charge < -0.3 is 15.2 Å². The van der Waals surface area contributed by atoms with Crippen molar-refractivity contribution in [1.82, 2.24) is 4.98 Å². The Morgan fingerprint density at radius 1 is 1.15 bits per heavy atom. The van der Waals surface area contributed by atoms with Crippen LogP contribution in [-0.2, 0) is 13.2 Å². The van der Waals surface area contributed by atoms with Crippen LogP contribution in [0.3, 0.4) is 0 Å². The molecule has 0 radical (unpaired) electrons. The first-order chi connectivity index (χ1) is 9.72. The Morgan fingerprint density at radius 3 is 2.65 bits per heavy atom. The second-order valence-corrected chi connectivity index (χ2v) is 5.09. The van der Waals surface area contributed by atoms with Crippen LogP contribution in [0.15, 0.2) is 41.0 Å². The second-order valence-electron chi connectivity index (χ2n) is 4.17. The molecule has 2 aromatic rings. The first-order valence-electron chi connectivity index (χ1n) is 6.42. The van der Waals surface area contributed by atoms with Crippen LogP contribution in [0.5, 0.6) is 11.5 Å². The summed E-state index contributed by atoms with van der Waals surface area (Å²) in [6, 6.07) is 9.58. The maximum Gasteiger partial charge on any atom is 0.161 e. The molecule has 0 atom stereocenters. The third-order valence-electron chi connectivity index (χ3n) is 2.71. The molecule has 0 amide bonds. The van der Waals surface area contributed by atoms with E-state index in [-0.39, 0.29) is 0 Å². The van der Waals surface area contributed by atoms with Crippen molar-refractivity contribution < 1.29 is 9.47 Å². The summed E-state index contributed by atoms with van der Waals surface area (Å²) in [7, 11) is 0. The van der Waals surface area contributed by atoms with E-state index in [0.29, 0.717) is 31.3 Å². The number of halogens is 1. The van der Waals surface area contributed by atoms with Crippen molar-refractivity contribution in [1.29, 1.82) is 0 Å². The predicted octanol–water partition coefficient (Wildman–Crippen LogP) is 3.28. The zero-order valence-corrected chi connectivity index (χ0v) is 12.9. The van der Waals surface area contributed by atoms with Crippen LogP contribution >= 0.6 is 15.9 Å². The van der Waals surface area contributed by atoms with Gasteiger partial charge in [-0.2, -0.15) is 0 Å². The summed E-state index contributed by atoms with van der Waals surface area (Å²) in [5.74, 6) is 1.42. The summed E-state index contributed by atoms with van der Waals surface area (Å²) in [6.45, 7) is 3.40. The monoisotopic (exact) mass is 336 g/mol. The number of hydrogen-bond donors (Lipinski definition) is 1. The normalized spacial score (nSPS) is 10.3. The van der Waals surface area contributed by atoms with Crippen molar-refractivity contribution in [3.8, 4) is 11.5 Å². The minimum Gasteiger partial charge on any atom is -0.490 e. The van der Waals surface area contributed by atoms with Crippen LogP contribution in [-0.4, -0.2) is 11.6 Å². The molecule has 5 heteroatoms. The van der Waals surface area contributed by atoms with Crippen molar-refractivity contribution >= 4 is 15.9 Å². The fourth-order valence-electron chi connectivity index (χ4n) is 1.71. The SMILES string of the molecule is CCOc1cc(CN)ccc1OCc1ccc(Br)cn1. The van der Waals surface area contributed by atoms with Gasteiger partial charge in [-0.25, -0.2) is 0 Å². The molecule has 4 nitrogen and oxygen atoms in total. The van der Waals surface area contributed by atoms with Crippen LogP contribution in [0.1, 0.15) is 18.2 Å². The van der Waals surface area contributed by atoms with Gasteiger partial charge in [-0.15, -0.1) is 0 Å². The van der Waals surface area contributed by atoms with Crippen molar-refractivity contribution in [3.05, 3.63) is 52.3 Å². The molecule has 0 spiro atoms. The van der Waals surface area contributed by atoms with E-state index in [1.807, 2.05) is 37.3 Å². The second kappa shape index (κ2) is 7.26. The molecule has 106 valence electrons. The predicted molar refractivity (Wildman–Crippen MR) is 81.8 cm³/mol. The fourth-order valence-corrected chi connectivity index (χ4v) is 1.95. The maximum atomic E-state index is 5.77. The van der Waals surface area contributed by atoms with Gasteiger partial charge in [0.15, 0.2) is 11.5 Å². The molecule has 0 bridgehead atoms. The van der Waals surface area contributed by atoms with Gasteiger partial charge in [-0.1, -0.05) is 6.07 Å². The molecule has 0 saturated heterocycles. The lowest BCUT2D eigenvalue weighted by Gasteiger charge is -2.12. The highest BCUT2D eigenvalue weighted by Gasteiger charge is 2.07. The molecule has 1 aromatic heterocycles. The van der Waals surface area contributed by atoms with Gasteiger partial charge >= 0.3 is 0 Å². The number of aromatic nitrogens is 1. The van der Waals surface area contributed by atoms with E-state index in [1.165, 1.54) is 0 Å². The Bertz CT molecular complexity index is 558. The maximum absolute atomic E-state index is 5.77. The highest BCUT2D eigenvalue weighted by Crippen LogP contribution is 2.29.